The zero-order valence-corrected chi connectivity index (χ0v) is 24.7. The molecule has 1 saturated heterocycles. The summed E-state index contributed by atoms with van der Waals surface area (Å²) in [6, 6.07) is 35.7. The number of nitrogens with zero attached hydrogens (tertiary/aromatic N) is 3. The van der Waals surface area contributed by atoms with Crippen LogP contribution in [-0.2, 0) is 22.5 Å². The predicted octanol–water partition coefficient (Wildman–Crippen LogP) is 7.71. The molecular formula is C36H31N3O3S. The second-order valence-electron chi connectivity index (χ2n) is 10.3. The lowest BCUT2D eigenvalue weighted by Gasteiger charge is -2.15. The van der Waals surface area contributed by atoms with Crippen LogP contribution in [-0.4, -0.2) is 40.2 Å². The highest BCUT2D eigenvalue weighted by molar-refractivity contribution is 8.18. The zero-order valence-electron chi connectivity index (χ0n) is 23.9. The van der Waals surface area contributed by atoms with Crippen LogP contribution in [0.3, 0.4) is 0 Å². The van der Waals surface area contributed by atoms with Gasteiger partial charge in [0, 0.05) is 35.8 Å². The number of thioether (sulfide) groups is 1. The molecule has 6 rings (SSSR count). The van der Waals surface area contributed by atoms with E-state index < -0.39 is 0 Å². The lowest BCUT2D eigenvalue weighted by atomic mass is 10.1. The first-order valence-corrected chi connectivity index (χ1v) is 15.0. The number of carbonyl (C=O) groups is 2. The van der Waals surface area contributed by atoms with Crippen molar-refractivity contribution in [3.05, 3.63) is 143 Å². The van der Waals surface area contributed by atoms with E-state index >= 15 is 0 Å². The van der Waals surface area contributed by atoms with Crippen LogP contribution in [0.5, 0.6) is 0 Å². The fraction of sp³-hybridized carbons (Fsp3) is 0.139. The fourth-order valence-electron chi connectivity index (χ4n) is 5.26. The van der Waals surface area contributed by atoms with Crippen molar-refractivity contribution in [2.75, 3.05) is 13.7 Å². The van der Waals surface area contributed by atoms with Gasteiger partial charge in [-0.3, -0.25) is 9.69 Å². The van der Waals surface area contributed by atoms with E-state index in [9.17, 15) is 9.59 Å². The third-order valence-electron chi connectivity index (χ3n) is 7.37. The van der Waals surface area contributed by atoms with Crippen LogP contribution in [0.15, 0.2) is 125 Å². The Bertz CT molecular complexity index is 1830. The molecule has 1 aliphatic rings. The largest absolute Gasteiger partial charge is 0.465 e. The summed E-state index contributed by atoms with van der Waals surface area (Å²) in [5.41, 5.74) is 5.58. The Morgan fingerprint density at radius 1 is 0.884 bits per heavy atom. The number of hydrogen-bond donors (Lipinski definition) is 0. The van der Waals surface area contributed by atoms with E-state index in [2.05, 4.69) is 35.0 Å². The van der Waals surface area contributed by atoms with Gasteiger partial charge in [-0.1, -0.05) is 78.9 Å². The fourth-order valence-corrected chi connectivity index (χ4v) is 6.28. The van der Waals surface area contributed by atoms with Crippen molar-refractivity contribution in [3.8, 4) is 0 Å². The average Bonchev–Trinajstić information content (AvgIpc) is 3.53. The summed E-state index contributed by atoms with van der Waals surface area (Å²) < 4.78 is 7.05. The maximum absolute atomic E-state index is 13.8. The summed E-state index contributed by atoms with van der Waals surface area (Å²) in [7, 11) is 1.39. The van der Waals surface area contributed by atoms with E-state index in [0.717, 1.165) is 40.6 Å². The van der Waals surface area contributed by atoms with E-state index in [4.69, 9.17) is 9.73 Å². The highest BCUT2D eigenvalue weighted by atomic mass is 32.2. The molecule has 1 aromatic heterocycles. The van der Waals surface area contributed by atoms with Gasteiger partial charge in [-0.05, 0) is 72.1 Å². The molecule has 6 nitrogen and oxygen atoms in total. The highest BCUT2D eigenvalue weighted by Gasteiger charge is 2.33. The molecule has 0 aliphatic carbocycles. The molecule has 0 N–H and O–H groups in total. The molecular weight excluding hydrogens is 554 g/mol. The summed E-state index contributed by atoms with van der Waals surface area (Å²) in [5, 5.41) is 1.75. The molecule has 5 aromatic rings. The number of fused-ring (bicyclic) bond motifs is 1. The van der Waals surface area contributed by atoms with Crippen molar-refractivity contribution in [1.82, 2.24) is 9.47 Å². The van der Waals surface area contributed by atoms with Gasteiger partial charge in [-0.15, -0.1) is 0 Å². The highest BCUT2D eigenvalue weighted by Crippen LogP contribution is 2.36. The van der Waals surface area contributed by atoms with Crippen LogP contribution in [0, 0.1) is 0 Å². The molecule has 1 aliphatic heterocycles. The number of aryl methyl sites for hydroxylation is 1. The molecule has 1 fully saturated rings. The summed E-state index contributed by atoms with van der Waals surface area (Å²) in [6.45, 7) is 1.16. The van der Waals surface area contributed by atoms with Crippen molar-refractivity contribution in [2.24, 2.45) is 4.99 Å². The second kappa shape index (κ2) is 13.0. The summed E-state index contributed by atoms with van der Waals surface area (Å²) in [6.07, 6.45) is 5.77. The Morgan fingerprint density at radius 3 is 2.40 bits per heavy atom. The van der Waals surface area contributed by atoms with E-state index in [1.165, 1.54) is 24.4 Å². The first kappa shape index (κ1) is 28.2. The topological polar surface area (TPSA) is 63.9 Å². The lowest BCUT2D eigenvalue weighted by Crippen LogP contribution is -2.30. The van der Waals surface area contributed by atoms with Crippen LogP contribution in [0.4, 0.5) is 5.69 Å². The van der Waals surface area contributed by atoms with E-state index in [1.807, 2.05) is 89.8 Å². The van der Waals surface area contributed by atoms with Crippen molar-refractivity contribution < 1.29 is 14.3 Å². The smallest absolute Gasteiger partial charge is 0.337 e. The van der Waals surface area contributed by atoms with E-state index in [-0.39, 0.29) is 11.9 Å². The van der Waals surface area contributed by atoms with Crippen molar-refractivity contribution >= 4 is 51.5 Å². The van der Waals surface area contributed by atoms with Crippen molar-refractivity contribution in [1.29, 1.82) is 0 Å². The molecule has 2 heterocycles. The monoisotopic (exact) mass is 585 g/mol. The minimum atomic E-state index is -0.359. The molecule has 214 valence electrons. The maximum atomic E-state index is 13.8. The Balaban J connectivity index is 1.30. The number of amidine groups is 1. The zero-order chi connectivity index (χ0) is 29.6. The number of benzene rings is 4. The molecule has 0 radical (unpaired) electrons. The molecule has 0 saturated carbocycles. The Hall–Kier alpha value is -4.88. The minimum Gasteiger partial charge on any atom is -0.465 e. The number of ether oxygens (including phenoxy) is 1. The van der Waals surface area contributed by atoms with Crippen molar-refractivity contribution in [3.63, 3.8) is 0 Å². The van der Waals surface area contributed by atoms with Crippen LogP contribution in [0.1, 0.15) is 33.5 Å². The first-order valence-electron chi connectivity index (χ1n) is 14.2. The molecule has 0 unspecified atom stereocenters. The van der Waals surface area contributed by atoms with Gasteiger partial charge in [-0.2, -0.15) is 0 Å². The van der Waals surface area contributed by atoms with Crippen LogP contribution in [0.2, 0.25) is 0 Å². The normalized spacial score (nSPS) is 15.1. The third kappa shape index (κ3) is 6.47. The molecule has 7 heteroatoms. The quantitative estimate of drug-likeness (QED) is 0.131. The number of amides is 1. The number of esters is 1. The molecule has 0 atom stereocenters. The van der Waals surface area contributed by atoms with E-state index in [1.54, 1.807) is 6.07 Å². The Labute approximate surface area is 255 Å². The standard InChI is InChI=1S/C36H31N3O3S/c1-42-35(41)28-16-10-14-27(22-28)24-38-25-29(31-19-8-9-20-32(31)38)23-33-34(40)39(21-11-15-26-12-4-2-5-13-26)36(43-33)37-30-17-6-3-7-18-30/h2-10,12-14,16-20,22-23,25H,11,15,21,24H2,1H3/b33-23-,37-36?. The van der Waals surface area contributed by atoms with Crippen LogP contribution >= 0.6 is 11.8 Å². The number of aromatic nitrogens is 1. The SMILES string of the molecule is COC(=O)c1cccc(Cn2cc(/C=C3\SC(=Nc4ccccc4)N(CCCc4ccccc4)C3=O)c3ccccc32)c1. The van der Waals surface area contributed by atoms with Gasteiger partial charge in [0.1, 0.15) is 0 Å². The van der Waals surface area contributed by atoms with Crippen LogP contribution < -0.4 is 0 Å². The Kier molecular flexibility index (Phi) is 8.52. The van der Waals surface area contributed by atoms with E-state index in [0.29, 0.717) is 28.7 Å². The van der Waals surface area contributed by atoms with Gasteiger partial charge in [-0.25, -0.2) is 9.79 Å². The Morgan fingerprint density at radius 2 is 1.60 bits per heavy atom. The number of carbonyl (C=O) groups excluding carboxylic acids is 2. The predicted molar refractivity (Wildman–Crippen MR) is 174 cm³/mol. The molecule has 1 amide bonds. The molecule has 43 heavy (non-hydrogen) atoms. The second-order valence-corrected chi connectivity index (χ2v) is 11.3. The summed E-state index contributed by atoms with van der Waals surface area (Å²) >= 11 is 1.42. The minimum absolute atomic E-state index is 0.0321. The first-order chi connectivity index (χ1) is 21.1. The van der Waals surface area contributed by atoms with Gasteiger partial charge in [0.2, 0.25) is 0 Å². The number of methoxy groups -OCH3 is 1. The number of rotatable bonds is 9. The van der Waals surface area contributed by atoms with Gasteiger partial charge < -0.3 is 9.30 Å². The van der Waals surface area contributed by atoms with Gasteiger partial charge in [0.05, 0.1) is 23.3 Å². The van der Waals surface area contributed by atoms with Crippen molar-refractivity contribution in [2.45, 2.75) is 19.4 Å². The average molecular weight is 586 g/mol. The van der Waals surface area contributed by atoms with Gasteiger partial charge in [0.15, 0.2) is 5.17 Å². The molecule has 0 spiro atoms. The molecule has 4 aromatic carbocycles. The number of hydrogen-bond acceptors (Lipinski definition) is 5. The van der Waals surface area contributed by atoms with Gasteiger partial charge >= 0.3 is 5.97 Å². The lowest BCUT2D eigenvalue weighted by molar-refractivity contribution is -0.122. The molecule has 0 bridgehead atoms. The third-order valence-corrected chi connectivity index (χ3v) is 8.37. The van der Waals surface area contributed by atoms with Crippen LogP contribution in [0.25, 0.3) is 17.0 Å². The summed E-state index contributed by atoms with van der Waals surface area (Å²) in [4.78, 5) is 33.2. The number of aliphatic imine (C=N–C) groups is 1. The summed E-state index contributed by atoms with van der Waals surface area (Å²) in [5.74, 6) is -0.391. The maximum Gasteiger partial charge on any atom is 0.337 e. The van der Waals surface area contributed by atoms with Gasteiger partial charge in [0.25, 0.3) is 5.91 Å². The number of para-hydroxylation sites is 2.